The van der Waals surface area contributed by atoms with Gasteiger partial charge in [0.2, 0.25) is 0 Å². The highest BCUT2D eigenvalue weighted by atomic mass is 32.2. The van der Waals surface area contributed by atoms with Gasteiger partial charge >= 0.3 is 0 Å². The molecule has 1 aromatic heterocycles. The summed E-state index contributed by atoms with van der Waals surface area (Å²) in [6, 6.07) is 2.29. The molecular weight excluding hydrogens is 284 g/mol. The van der Waals surface area contributed by atoms with E-state index in [2.05, 4.69) is 10.3 Å². The Labute approximate surface area is 120 Å². The van der Waals surface area contributed by atoms with E-state index in [1.54, 1.807) is 18.3 Å². The second kappa shape index (κ2) is 8.06. The van der Waals surface area contributed by atoms with Gasteiger partial charge in [0, 0.05) is 6.20 Å². The molecule has 0 fully saturated rings. The van der Waals surface area contributed by atoms with Crippen molar-refractivity contribution in [1.29, 1.82) is 0 Å². The largest absolute Gasteiger partial charge is 0.548 e. The van der Waals surface area contributed by atoms with Gasteiger partial charge < -0.3 is 15.2 Å². The molecule has 5 nitrogen and oxygen atoms in total. The van der Waals surface area contributed by atoms with Crippen molar-refractivity contribution in [2.75, 3.05) is 18.3 Å². The van der Waals surface area contributed by atoms with Crippen LogP contribution >= 0.6 is 23.5 Å². The summed E-state index contributed by atoms with van der Waals surface area (Å²) in [5, 5.41) is 14.0. The fraction of sp³-hybridized carbons (Fsp3) is 0.417. The average Bonchev–Trinajstić information content (AvgIpc) is 2.42. The number of carboxylic acids is 1. The highest BCUT2D eigenvalue weighted by Crippen LogP contribution is 2.16. The molecule has 0 aliphatic rings. The zero-order valence-corrected chi connectivity index (χ0v) is 12.3. The number of aliphatic carboxylic acids is 1. The number of hydrogen-bond donors (Lipinski definition) is 1. The summed E-state index contributed by atoms with van der Waals surface area (Å²) in [6.45, 7) is 0. The number of carbonyl (C=O) groups excluding carboxylic acids is 2. The molecule has 0 aliphatic heterocycles. The quantitative estimate of drug-likeness (QED) is 0.734. The van der Waals surface area contributed by atoms with Gasteiger partial charge in [-0.1, -0.05) is 0 Å². The number of hydrogen-bond acceptors (Lipinski definition) is 6. The number of pyridine rings is 1. The van der Waals surface area contributed by atoms with Crippen molar-refractivity contribution in [1.82, 2.24) is 10.3 Å². The average molecular weight is 299 g/mol. The van der Waals surface area contributed by atoms with Crippen molar-refractivity contribution < 1.29 is 14.7 Å². The van der Waals surface area contributed by atoms with Gasteiger partial charge in [-0.15, -0.1) is 11.8 Å². The summed E-state index contributed by atoms with van der Waals surface area (Å²) in [5.74, 6) is -1.06. The van der Waals surface area contributed by atoms with Crippen molar-refractivity contribution in [2.45, 2.75) is 17.5 Å². The molecule has 0 unspecified atom stereocenters. The molecule has 0 aliphatic carbocycles. The maximum absolute atomic E-state index is 12.0. The van der Waals surface area contributed by atoms with Gasteiger partial charge in [-0.2, -0.15) is 11.8 Å². The van der Waals surface area contributed by atoms with Crippen LogP contribution in [-0.2, 0) is 4.79 Å². The fourth-order valence-corrected chi connectivity index (χ4v) is 2.47. The van der Waals surface area contributed by atoms with Crippen LogP contribution in [0.15, 0.2) is 23.4 Å². The van der Waals surface area contributed by atoms with Crippen molar-refractivity contribution in [2.24, 2.45) is 0 Å². The lowest BCUT2D eigenvalue weighted by Crippen LogP contribution is -2.48. The van der Waals surface area contributed by atoms with E-state index in [0.29, 0.717) is 22.8 Å². The van der Waals surface area contributed by atoms with Crippen LogP contribution in [-0.4, -0.2) is 41.2 Å². The lowest BCUT2D eigenvalue weighted by Gasteiger charge is -2.19. The van der Waals surface area contributed by atoms with Crippen LogP contribution in [0.25, 0.3) is 0 Å². The Morgan fingerprint density at radius 1 is 1.47 bits per heavy atom. The molecule has 19 heavy (non-hydrogen) atoms. The summed E-state index contributed by atoms with van der Waals surface area (Å²) in [6.07, 6.45) is 5.61. The molecule has 0 saturated heterocycles. The van der Waals surface area contributed by atoms with Crippen LogP contribution in [0.3, 0.4) is 0 Å². The Hall–Kier alpha value is -1.21. The van der Waals surface area contributed by atoms with E-state index in [4.69, 9.17) is 0 Å². The molecule has 1 amide bonds. The Morgan fingerprint density at radius 2 is 2.21 bits per heavy atom. The minimum Gasteiger partial charge on any atom is -0.548 e. The van der Waals surface area contributed by atoms with Gasteiger partial charge in [-0.3, -0.25) is 4.79 Å². The van der Waals surface area contributed by atoms with Gasteiger partial charge in [0.25, 0.3) is 5.91 Å². The van der Waals surface area contributed by atoms with E-state index < -0.39 is 17.9 Å². The minimum atomic E-state index is -1.27. The van der Waals surface area contributed by atoms with Crippen LogP contribution in [0.5, 0.6) is 0 Å². The SMILES string of the molecule is CSCC[C@@H](NC(=O)c1cccnc1SC)C(=O)[O-]. The van der Waals surface area contributed by atoms with Gasteiger partial charge in [-0.05, 0) is 36.8 Å². The third-order valence-corrected chi connectivity index (χ3v) is 3.77. The molecule has 1 heterocycles. The zero-order chi connectivity index (χ0) is 14.3. The standard InChI is InChI=1S/C12H16N2O3S2/c1-18-7-5-9(12(16)17)14-10(15)8-4-3-6-13-11(8)19-2/h3-4,6,9H,5,7H2,1-2H3,(H,14,15)(H,16,17)/p-1/t9-/m1/s1. The predicted molar refractivity (Wildman–Crippen MR) is 75.3 cm³/mol. The maximum atomic E-state index is 12.0. The molecule has 1 rings (SSSR count). The van der Waals surface area contributed by atoms with Crippen LogP contribution in [0.4, 0.5) is 0 Å². The molecule has 1 N–H and O–H groups in total. The highest BCUT2D eigenvalue weighted by Gasteiger charge is 2.17. The zero-order valence-electron chi connectivity index (χ0n) is 10.7. The molecule has 0 radical (unpaired) electrons. The number of nitrogens with zero attached hydrogens (tertiary/aromatic N) is 1. The number of aromatic nitrogens is 1. The molecule has 0 aromatic carbocycles. The normalized spacial score (nSPS) is 11.9. The second-order valence-corrected chi connectivity index (χ2v) is 5.47. The smallest absolute Gasteiger partial charge is 0.254 e. The number of amides is 1. The Morgan fingerprint density at radius 3 is 2.79 bits per heavy atom. The lowest BCUT2D eigenvalue weighted by molar-refractivity contribution is -0.308. The van der Waals surface area contributed by atoms with Crippen LogP contribution < -0.4 is 10.4 Å². The van der Waals surface area contributed by atoms with Crippen molar-refractivity contribution >= 4 is 35.4 Å². The van der Waals surface area contributed by atoms with E-state index in [9.17, 15) is 14.7 Å². The first-order valence-electron chi connectivity index (χ1n) is 5.59. The van der Waals surface area contributed by atoms with Gasteiger partial charge in [0.15, 0.2) is 0 Å². The Balaban J connectivity index is 2.78. The maximum Gasteiger partial charge on any atom is 0.254 e. The van der Waals surface area contributed by atoms with Gasteiger partial charge in [0.1, 0.15) is 5.03 Å². The van der Waals surface area contributed by atoms with Crippen LogP contribution in [0.1, 0.15) is 16.8 Å². The molecule has 7 heteroatoms. The first kappa shape index (κ1) is 15.8. The number of thioether (sulfide) groups is 2. The lowest BCUT2D eigenvalue weighted by atomic mass is 10.2. The monoisotopic (exact) mass is 299 g/mol. The first-order chi connectivity index (χ1) is 9.10. The molecule has 104 valence electrons. The Kier molecular flexibility index (Phi) is 6.72. The molecule has 0 spiro atoms. The summed E-state index contributed by atoms with van der Waals surface area (Å²) in [4.78, 5) is 27.1. The van der Waals surface area contributed by atoms with Crippen molar-refractivity contribution in [3.05, 3.63) is 23.9 Å². The summed E-state index contributed by atoms with van der Waals surface area (Å²) in [7, 11) is 0. The predicted octanol–water partition coefficient (Wildman–Crippen LogP) is 0.405. The van der Waals surface area contributed by atoms with E-state index in [-0.39, 0.29) is 0 Å². The fourth-order valence-electron chi connectivity index (χ4n) is 1.45. The molecule has 0 bridgehead atoms. The number of rotatable bonds is 7. The number of nitrogens with one attached hydrogen (secondary N) is 1. The molecule has 1 aromatic rings. The topological polar surface area (TPSA) is 82.1 Å². The van der Waals surface area contributed by atoms with Gasteiger partial charge in [0.05, 0.1) is 17.6 Å². The summed E-state index contributed by atoms with van der Waals surface area (Å²) in [5.41, 5.74) is 0.380. The van der Waals surface area contributed by atoms with Gasteiger partial charge in [-0.25, -0.2) is 4.98 Å². The van der Waals surface area contributed by atoms with E-state index >= 15 is 0 Å². The molecule has 0 saturated carbocycles. The summed E-state index contributed by atoms with van der Waals surface area (Å²) >= 11 is 2.86. The number of carbonyl (C=O) groups is 2. The van der Waals surface area contributed by atoms with Crippen molar-refractivity contribution in [3.63, 3.8) is 0 Å². The first-order valence-corrected chi connectivity index (χ1v) is 8.21. The highest BCUT2D eigenvalue weighted by molar-refractivity contribution is 7.98. The van der Waals surface area contributed by atoms with E-state index in [0.717, 1.165) is 0 Å². The van der Waals surface area contributed by atoms with E-state index in [1.165, 1.54) is 23.5 Å². The third kappa shape index (κ3) is 4.76. The molecule has 1 atom stereocenters. The van der Waals surface area contributed by atoms with Crippen molar-refractivity contribution in [3.8, 4) is 0 Å². The van der Waals surface area contributed by atoms with E-state index in [1.807, 2.05) is 12.5 Å². The minimum absolute atomic E-state index is 0.337. The summed E-state index contributed by atoms with van der Waals surface area (Å²) < 4.78 is 0. The van der Waals surface area contributed by atoms with Crippen LogP contribution in [0.2, 0.25) is 0 Å². The third-order valence-electron chi connectivity index (χ3n) is 2.41. The Bertz CT molecular complexity index is 454. The second-order valence-electron chi connectivity index (χ2n) is 3.69. The van der Waals surface area contributed by atoms with Crippen LogP contribution in [0, 0.1) is 0 Å². The number of carboxylic acid groups (broad SMARTS) is 1. The molecular formula is C12H15N2O3S2-.